The van der Waals surface area contributed by atoms with Crippen molar-refractivity contribution in [2.45, 2.75) is 25.4 Å². The number of rotatable bonds is 10. The van der Waals surface area contributed by atoms with Gasteiger partial charge in [0.05, 0.1) is 30.8 Å². The van der Waals surface area contributed by atoms with Crippen LogP contribution in [0.15, 0.2) is 60.8 Å². The summed E-state index contributed by atoms with van der Waals surface area (Å²) in [6.45, 7) is 3.03. The first-order valence-corrected chi connectivity index (χ1v) is 12.4. The van der Waals surface area contributed by atoms with Gasteiger partial charge < -0.3 is 19.8 Å². The van der Waals surface area contributed by atoms with Gasteiger partial charge in [-0.15, -0.1) is 0 Å². The van der Waals surface area contributed by atoms with Gasteiger partial charge in [0.25, 0.3) is 0 Å². The second-order valence-corrected chi connectivity index (χ2v) is 9.17. The minimum absolute atomic E-state index is 0.179. The highest BCUT2D eigenvalue weighted by atomic mass is 19.1. The minimum Gasteiger partial charge on any atom is -0.497 e. The van der Waals surface area contributed by atoms with E-state index in [0.29, 0.717) is 12.3 Å². The molecule has 3 heterocycles. The molecule has 0 saturated heterocycles. The van der Waals surface area contributed by atoms with E-state index in [1.54, 1.807) is 32.5 Å². The van der Waals surface area contributed by atoms with E-state index in [1.165, 1.54) is 17.7 Å². The Hall–Kier alpha value is -3.82. The average Bonchev–Trinajstić information content (AvgIpc) is 3.48. The number of halogens is 1. The van der Waals surface area contributed by atoms with Gasteiger partial charge in [-0.05, 0) is 54.4 Å². The number of nitrogens with two attached hydrogens (primary N) is 1. The Morgan fingerprint density at radius 1 is 1.05 bits per heavy atom. The van der Waals surface area contributed by atoms with Gasteiger partial charge in [0.1, 0.15) is 17.4 Å². The molecule has 1 aliphatic heterocycles. The van der Waals surface area contributed by atoms with Crippen molar-refractivity contribution in [3.63, 3.8) is 0 Å². The standard InChI is InChI=1S/C28H31FN6O2/c1-36-16-15-34(17-19-3-10-23(37-2)11-4-19)18-22-9-12-25-33-26(20-5-7-21(29)8-6-20)27(35(22)25)24-13-14-31-28(30)32-24/h3-8,10-11,13-14,22H,9,12,15-18H2,1-2H3,(H2,30,31,32). The van der Waals surface area contributed by atoms with Gasteiger partial charge in [-0.2, -0.15) is 0 Å². The molecule has 0 amide bonds. The zero-order valence-electron chi connectivity index (χ0n) is 21.1. The third kappa shape index (κ3) is 5.47. The number of hydrogen-bond acceptors (Lipinski definition) is 7. The van der Waals surface area contributed by atoms with Crippen LogP contribution in [0, 0.1) is 5.82 Å². The summed E-state index contributed by atoms with van der Waals surface area (Å²) in [5, 5.41) is 0. The number of aryl methyl sites for hydroxylation is 1. The van der Waals surface area contributed by atoms with Crippen LogP contribution in [0.4, 0.5) is 10.3 Å². The summed E-state index contributed by atoms with van der Waals surface area (Å²) >= 11 is 0. The van der Waals surface area contributed by atoms with E-state index in [-0.39, 0.29) is 17.8 Å². The van der Waals surface area contributed by atoms with Crippen LogP contribution in [-0.4, -0.2) is 58.3 Å². The fourth-order valence-corrected chi connectivity index (χ4v) is 4.95. The summed E-state index contributed by atoms with van der Waals surface area (Å²) in [5.41, 5.74) is 10.4. The van der Waals surface area contributed by atoms with E-state index in [0.717, 1.165) is 61.0 Å². The smallest absolute Gasteiger partial charge is 0.220 e. The van der Waals surface area contributed by atoms with Crippen molar-refractivity contribution in [1.82, 2.24) is 24.4 Å². The molecule has 0 spiro atoms. The zero-order valence-corrected chi connectivity index (χ0v) is 21.1. The van der Waals surface area contributed by atoms with Crippen LogP contribution in [0.2, 0.25) is 0 Å². The predicted octanol–water partition coefficient (Wildman–Crippen LogP) is 4.37. The van der Waals surface area contributed by atoms with Crippen molar-refractivity contribution in [1.29, 1.82) is 0 Å². The van der Waals surface area contributed by atoms with E-state index < -0.39 is 0 Å². The van der Waals surface area contributed by atoms with Crippen molar-refractivity contribution in [2.24, 2.45) is 0 Å². The van der Waals surface area contributed by atoms with E-state index >= 15 is 0 Å². The molecule has 5 rings (SSSR count). The summed E-state index contributed by atoms with van der Waals surface area (Å²) in [6.07, 6.45) is 3.47. The lowest BCUT2D eigenvalue weighted by molar-refractivity contribution is 0.134. The van der Waals surface area contributed by atoms with E-state index in [4.69, 9.17) is 20.2 Å². The van der Waals surface area contributed by atoms with Crippen molar-refractivity contribution in [3.05, 3.63) is 78.0 Å². The van der Waals surface area contributed by atoms with E-state index in [2.05, 4.69) is 31.6 Å². The largest absolute Gasteiger partial charge is 0.497 e. The molecule has 9 heteroatoms. The van der Waals surface area contributed by atoms with Crippen LogP contribution in [0.25, 0.3) is 22.6 Å². The lowest BCUT2D eigenvalue weighted by Crippen LogP contribution is -2.32. The SMILES string of the molecule is COCCN(Cc1ccc(OC)cc1)CC1CCc2nc(-c3ccc(F)cc3)c(-c3ccnc(N)n3)n21. The topological polar surface area (TPSA) is 91.3 Å². The fraction of sp³-hybridized carbons (Fsp3) is 0.321. The molecular weight excluding hydrogens is 471 g/mol. The number of aromatic nitrogens is 4. The molecule has 2 aromatic heterocycles. The summed E-state index contributed by atoms with van der Waals surface area (Å²) in [6, 6.07) is 16.6. The van der Waals surface area contributed by atoms with Gasteiger partial charge in [-0.1, -0.05) is 12.1 Å². The van der Waals surface area contributed by atoms with Crippen LogP contribution in [0.5, 0.6) is 5.75 Å². The first-order chi connectivity index (χ1) is 18.1. The number of nitrogen functional groups attached to an aromatic ring is 1. The molecule has 0 saturated carbocycles. The van der Waals surface area contributed by atoms with Gasteiger partial charge in [-0.25, -0.2) is 19.3 Å². The van der Waals surface area contributed by atoms with E-state index in [1.807, 2.05) is 18.2 Å². The minimum atomic E-state index is -0.284. The lowest BCUT2D eigenvalue weighted by Gasteiger charge is -2.27. The summed E-state index contributed by atoms with van der Waals surface area (Å²) in [7, 11) is 3.40. The van der Waals surface area contributed by atoms with Gasteiger partial charge >= 0.3 is 0 Å². The van der Waals surface area contributed by atoms with Crippen molar-refractivity contribution in [3.8, 4) is 28.4 Å². The highest BCUT2D eigenvalue weighted by Crippen LogP contribution is 2.39. The maximum Gasteiger partial charge on any atom is 0.220 e. The van der Waals surface area contributed by atoms with Gasteiger partial charge in [0.2, 0.25) is 5.95 Å². The second kappa shape index (κ2) is 11.1. The highest BCUT2D eigenvalue weighted by molar-refractivity contribution is 5.78. The van der Waals surface area contributed by atoms with Crippen LogP contribution in [-0.2, 0) is 17.7 Å². The van der Waals surface area contributed by atoms with Crippen LogP contribution in [0.1, 0.15) is 23.9 Å². The molecule has 1 aliphatic rings. The third-order valence-electron chi connectivity index (χ3n) is 6.73. The molecule has 1 unspecified atom stereocenters. The Morgan fingerprint density at radius 2 is 1.84 bits per heavy atom. The molecule has 4 aromatic rings. The first-order valence-electron chi connectivity index (χ1n) is 12.4. The lowest BCUT2D eigenvalue weighted by atomic mass is 10.1. The molecule has 192 valence electrons. The average molecular weight is 503 g/mol. The maximum atomic E-state index is 13.7. The van der Waals surface area contributed by atoms with E-state index in [9.17, 15) is 4.39 Å². The number of anilines is 1. The van der Waals surface area contributed by atoms with Gasteiger partial charge in [-0.3, -0.25) is 4.90 Å². The summed E-state index contributed by atoms with van der Waals surface area (Å²) in [4.78, 5) is 16.0. The van der Waals surface area contributed by atoms with Crippen molar-refractivity contribution < 1.29 is 13.9 Å². The summed E-state index contributed by atoms with van der Waals surface area (Å²) in [5.74, 6) is 1.75. The number of imidazole rings is 1. The maximum absolute atomic E-state index is 13.7. The zero-order chi connectivity index (χ0) is 25.8. The molecular formula is C28H31FN6O2. The fourth-order valence-electron chi connectivity index (χ4n) is 4.95. The predicted molar refractivity (Wildman–Crippen MR) is 141 cm³/mol. The molecule has 0 aliphatic carbocycles. The third-order valence-corrected chi connectivity index (χ3v) is 6.73. The molecule has 0 bridgehead atoms. The number of fused-ring (bicyclic) bond motifs is 1. The van der Waals surface area contributed by atoms with Gasteiger partial charge in [0, 0.05) is 51.0 Å². The molecule has 2 aromatic carbocycles. The van der Waals surface area contributed by atoms with Crippen LogP contribution in [0.3, 0.4) is 0 Å². The van der Waals surface area contributed by atoms with Crippen molar-refractivity contribution >= 4 is 5.95 Å². The normalized spacial score (nSPS) is 14.8. The Kier molecular flexibility index (Phi) is 7.43. The Bertz CT molecular complexity index is 1340. The number of methoxy groups -OCH3 is 2. The quantitative estimate of drug-likeness (QED) is 0.344. The monoisotopic (exact) mass is 502 g/mol. The Labute approximate surface area is 215 Å². The molecule has 8 nitrogen and oxygen atoms in total. The van der Waals surface area contributed by atoms with Crippen LogP contribution < -0.4 is 10.5 Å². The number of ether oxygens (including phenoxy) is 2. The summed E-state index contributed by atoms with van der Waals surface area (Å²) < 4.78 is 26.7. The molecule has 37 heavy (non-hydrogen) atoms. The Morgan fingerprint density at radius 3 is 2.54 bits per heavy atom. The number of nitrogens with zero attached hydrogens (tertiary/aromatic N) is 5. The first kappa shape index (κ1) is 24.9. The number of benzene rings is 2. The molecule has 2 N–H and O–H groups in total. The molecule has 1 atom stereocenters. The highest BCUT2D eigenvalue weighted by Gasteiger charge is 2.32. The van der Waals surface area contributed by atoms with Gasteiger partial charge in [0.15, 0.2) is 0 Å². The van der Waals surface area contributed by atoms with Crippen molar-refractivity contribution in [2.75, 3.05) is 39.6 Å². The second-order valence-electron chi connectivity index (χ2n) is 9.17. The number of hydrogen-bond donors (Lipinski definition) is 1. The Balaban J connectivity index is 1.50. The van der Waals surface area contributed by atoms with Crippen LogP contribution >= 0.6 is 0 Å². The molecule has 0 radical (unpaired) electrons. The molecule has 0 fully saturated rings.